The zero-order valence-electron chi connectivity index (χ0n) is 11.8. The van der Waals surface area contributed by atoms with E-state index in [0.29, 0.717) is 44.8 Å². The van der Waals surface area contributed by atoms with Crippen LogP contribution in [0.25, 0.3) is 0 Å². The molecule has 0 radical (unpaired) electrons. The van der Waals surface area contributed by atoms with E-state index in [2.05, 4.69) is 21.2 Å². The molecule has 6 heteroatoms. The Kier molecular flexibility index (Phi) is 6.20. The SMILES string of the molecule is O=C(NCCC(=O)N1CCOCC1)c1ccc(CBr)cc1. The van der Waals surface area contributed by atoms with Gasteiger partial charge in [0.2, 0.25) is 5.91 Å². The number of hydrogen-bond acceptors (Lipinski definition) is 3. The van der Waals surface area contributed by atoms with Gasteiger partial charge < -0.3 is 15.0 Å². The van der Waals surface area contributed by atoms with E-state index in [1.54, 1.807) is 17.0 Å². The monoisotopic (exact) mass is 354 g/mol. The lowest BCUT2D eigenvalue weighted by Gasteiger charge is -2.26. The summed E-state index contributed by atoms with van der Waals surface area (Å²) in [6.45, 7) is 2.83. The standard InChI is InChI=1S/C15H19BrN2O3/c16-11-12-1-3-13(4-2-12)15(20)17-6-5-14(19)18-7-9-21-10-8-18/h1-4H,5-11H2,(H,17,20). The molecule has 114 valence electrons. The first-order valence-electron chi connectivity index (χ1n) is 6.99. The summed E-state index contributed by atoms with van der Waals surface area (Å²) >= 11 is 3.36. The molecule has 5 nitrogen and oxygen atoms in total. The molecular formula is C15H19BrN2O3. The van der Waals surface area contributed by atoms with E-state index in [9.17, 15) is 9.59 Å². The van der Waals surface area contributed by atoms with Gasteiger partial charge in [0.25, 0.3) is 5.91 Å². The molecule has 1 fully saturated rings. The normalized spacial score (nSPS) is 14.8. The van der Waals surface area contributed by atoms with Gasteiger partial charge in [-0.1, -0.05) is 28.1 Å². The highest BCUT2D eigenvalue weighted by Crippen LogP contribution is 2.08. The lowest BCUT2D eigenvalue weighted by atomic mass is 10.1. The number of benzene rings is 1. The van der Waals surface area contributed by atoms with Gasteiger partial charge in [0.15, 0.2) is 0 Å². The van der Waals surface area contributed by atoms with Crippen molar-refractivity contribution in [1.82, 2.24) is 10.2 Å². The number of alkyl halides is 1. The van der Waals surface area contributed by atoms with Crippen LogP contribution in [0.4, 0.5) is 0 Å². The molecule has 2 rings (SSSR count). The minimum absolute atomic E-state index is 0.0632. The first-order chi connectivity index (χ1) is 10.2. The van der Waals surface area contributed by atoms with E-state index >= 15 is 0 Å². The number of nitrogens with one attached hydrogen (secondary N) is 1. The summed E-state index contributed by atoms with van der Waals surface area (Å²) in [6.07, 6.45) is 0.325. The third kappa shape index (κ3) is 4.82. The van der Waals surface area contributed by atoms with Gasteiger partial charge in [-0.3, -0.25) is 9.59 Å². The van der Waals surface area contributed by atoms with Crippen LogP contribution >= 0.6 is 15.9 Å². The van der Waals surface area contributed by atoms with Crippen LogP contribution in [0.15, 0.2) is 24.3 Å². The summed E-state index contributed by atoms with van der Waals surface area (Å²) in [4.78, 5) is 25.6. The van der Waals surface area contributed by atoms with E-state index < -0.39 is 0 Å². The van der Waals surface area contributed by atoms with Crippen molar-refractivity contribution in [3.05, 3.63) is 35.4 Å². The van der Waals surface area contributed by atoms with Crippen molar-refractivity contribution < 1.29 is 14.3 Å². The lowest BCUT2D eigenvalue weighted by molar-refractivity contribution is -0.135. The quantitative estimate of drug-likeness (QED) is 0.816. The van der Waals surface area contributed by atoms with Crippen LogP contribution < -0.4 is 5.32 Å². The maximum absolute atomic E-state index is 11.9. The molecular weight excluding hydrogens is 336 g/mol. The van der Waals surface area contributed by atoms with E-state index in [1.807, 2.05) is 12.1 Å². The second-order valence-electron chi connectivity index (χ2n) is 4.83. The Morgan fingerprint density at radius 1 is 1.19 bits per heavy atom. The Morgan fingerprint density at radius 2 is 1.86 bits per heavy atom. The van der Waals surface area contributed by atoms with Crippen molar-refractivity contribution in [2.75, 3.05) is 32.8 Å². The Morgan fingerprint density at radius 3 is 2.48 bits per heavy atom. The zero-order valence-corrected chi connectivity index (χ0v) is 13.4. The van der Waals surface area contributed by atoms with Gasteiger partial charge in [0, 0.05) is 36.9 Å². The van der Waals surface area contributed by atoms with Crippen LogP contribution in [-0.2, 0) is 14.9 Å². The van der Waals surface area contributed by atoms with Gasteiger partial charge >= 0.3 is 0 Å². The summed E-state index contributed by atoms with van der Waals surface area (Å²) in [5.41, 5.74) is 1.73. The van der Waals surface area contributed by atoms with Crippen LogP contribution in [0.2, 0.25) is 0 Å². The molecule has 1 aromatic rings. The Labute approximate surface area is 132 Å². The largest absolute Gasteiger partial charge is 0.378 e. The molecule has 1 saturated heterocycles. The molecule has 1 N–H and O–H groups in total. The number of rotatable bonds is 5. The number of nitrogens with zero attached hydrogens (tertiary/aromatic N) is 1. The number of hydrogen-bond donors (Lipinski definition) is 1. The number of halogens is 1. The molecule has 0 aromatic heterocycles. The summed E-state index contributed by atoms with van der Waals surface area (Å²) in [5.74, 6) is -0.0841. The average molecular weight is 355 g/mol. The third-order valence-electron chi connectivity index (χ3n) is 3.36. The number of morpholine rings is 1. The fourth-order valence-corrected chi connectivity index (χ4v) is 2.47. The summed E-state index contributed by atoms with van der Waals surface area (Å²) in [7, 11) is 0. The predicted molar refractivity (Wildman–Crippen MR) is 83.4 cm³/mol. The van der Waals surface area contributed by atoms with Crippen molar-refractivity contribution in [2.45, 2.75) is 11.8 Å². The molecule has 0 bridgehead atoms. The molecule has 1 aliphatic rings. The van der Waals surface area contributed by atoms with Crippen molar-refractivity contribution >= 4 is 27.7 Å². The van der Waals surface area contributed by atoms with Crippen molar-refractivity contribution in [3.63, 3.8) is 0 Å². The van der Waals surface area contributed by atoms with Gasteiger partial charge in [-0.2, -0.15) is 0 Å². The van der Waals surface area contributed by atoms with Crippen LogP contribution in [0.3, 0.4) is 0 Å². The minimum Gasteiger partial charge on any atom is -0.378 e. The number of amides is 2. The van der Waals surface area contributed by atoms with Gasteiger partial charge in [-0.05, 0) is 17.7 Å². The van der Waals surface area contributed by atoms with Crippen molar-refractivity contribution in [3.8, 4) is 0 Å². The smallest absolute Gasteiger partial charge is 0.251 e. The molecule has 0 saturated carbocycles. The Bertz CT molecular complexity index is 484. The lowest BCUT2D eigenvalue weighted by Crippen LogP contribution is -2.42. The van der Waals surface area contributed by atoms with Crippen LogP contribution in [0.5, 0.6) is 0 Å². The van der Waals surface area contributed by atoms with E-state index in [-0.39, 0.29) is 11.8 Å². The Hall–Kier alpha value is -1.40. The van der Waals surface area contributed by atoms with E-state index in [0.717, 1.165) is 10.9 Å². The highest BCUT2D eigenvalue weighted by Gasteiger charge is 2.16. The van der Waals surface area contributed by atoms with E-state index in [1.165, 1.54) is 0 Å². The molecule has 0 aliphatic carbocycles. The van der Waals surface area contributed by atoms with Crippen LogP contribution in [0.1, 0.15) is 22.3 Å². The fraction of sp³-hybridized carbons (Fsp3) is 0.467. The molecule has 0 atom stereocenters. The zero-order chi connectivity index (χ0) is 15.1. The molecule has 1 heterocycles. The van der Waals surface area contributed by atoms with Gasteiger partial charge in [-0.25, -0.2) is 0 Å². The van der Waals surface area contributed by atoms with Crippen molar-refractivity contribution in [2.24, 2.45) is 0 Å². The molecule has 1 aromatic carbocycles. The average Bonchev–Trinajstić information content (AvgIpc) is 2.55. The molecule has 21 heavy (non-hydrogen) atoms. The highest BCUT2D eigenvalue weighted by molar-refractivity contribution is 9.08. The first kappa shape index (κ1) is 16.0. The number of ether oxygens (including phenoxy) is 1. The van der Waals surface area contributed by atoms with Gasteiger partial charge in [0.05, 0.1) is 13.2 Å². The minimum atomic E-state index is -0.147. The summed E-state index contributed by atoms with van der Waals surface area (Å²) in [5, 5.41) is 3.54. The molecule has 1 aliphatic heterocycles. The van der Waals surface area contributed by atoms with Crippen LogP contribution in [-0.4, -0.2) is 49.6 Å². The number of carbonyl (C=O) groups is 2. The summed E-state index contributed by atoms with van der Waals surface area (Å²) in [6, 6.07) is 7.39. The number of carbonyl (C=O) groups excluding carboxylic acids is 2. The van der Waals surface area contributed by atoms with Crippen LogP contribution in [0, 0.1) is 0 Å². The topological polar surface area (TPSA) is 58.6 Å². The van der Waals surface area contributed by atoms with Gasteiger partial charge in [0.1, 0.15) is 0 Å². The Balaban J connectivity index is 1.74. The fourth-order valence-electron chi connectivity index (χ4n) is 2.10. The second-order valence-corrected chi connectivity index (χ2v) is 5.39. The molecule has 0 spiro atoms. The molecule has 0 unspecified atom stereocenters. The summed E-state index contributed by atoms with van der Waals surface area (Å²) < 4.78 is 5.20. The maximum atomic E-state index is 11.9. The maximum Gasteiger partial charge on any atom is 0.251 e. The first-order valence-corrected chi connectivity index (χ1v) is 8.11. The van der Waals surface area contributed by atoms with E-state index in [4.69, 9.17) is 4.74 Å². The third-order valence-corrected chi connectivity index (χ3v) is 4.01. The predicted octanol–water partition coefficient (Wildman–Crippen LogP) is 1.56. The van der Waals surface area contributed by atoms with Gasteiger partial charge in [-0.15, -0.1) is 0 Å². The molecule has 2 amide bonds. The second kappa shape index (κ2) is 8.14. The van der Waals surface area contributed by atoms with Crippen molar-refractivity contribution in [1.29, 1.82) is 0 Å². The highest BCUT2D eigenvalue weighted by atomic mass is 79.9.